The maximum Gasteiger partial charge on any atom is 0.407 e. The molecular formula is C41H58FN5O5. The summed E-state index contributed by atoms with van der Waals surface area (Å²) in [5.74, 6) is 0.0166. The summed E-state index contributed by atoms with van der Waals surface area (Å²) >= 11 is 0. The van der Waals surface area contributed by atoms with E-state index >= 15 is 4.39 Å². The molecule has 3 saturated heterocycles. The van der Waals surface area contributed by atoms with Gasteiger partial charge in [0.15, 0.2) is 5.78 Å². The molecule has 0 bridgehead atoms. The second-order valence-corrected chi connectivity index (χ2v) is 17.8. The van der Waals surface area contributed by atoms with Gasteiger partial charge in [0.1, 0.15) is 11.8 Å². The fraction of sp³-hybridized carbons (Fsp3) is 0.732. The van der Waals surface area contributed by atoms with Gasteiger partial charge < -0.3 is 25.0 Å². The summed E-state index contributed by atoms with van der Waals surface area (Å²) in [6.45, 7) is 9.29. The fourth-order valence-electron chi connectivity index (χ4n) is 10.9. The molecule has 4 heterocycles. The van der Waals surface area contributed by atoms with Crippen molar-refractivity contribution in [3.8, 4) is 0 Å². The molecule has 4 aliphatic heterocycles. The molecule has 2 amide bonds. The number of fused-ring (bicyclic) bond motifs is 3. The Morgan fingerprint density at radius 2 is 1.62 bits per heavy atom. The highest BCUT2D eigenvalue weighted by molar-refractivity contribution is 6.20. The normalized spacial score (nSPS) is 37.0. The van der Waals surface area contributed by atoms with Crippen molar-refractivity contribution in [1.29, 1.82) is 0 Å². The summed E-state index contributed by atoms with van der Waals surface area (Å²) in [6.07, 6.45) is 8.79. The van der Waals surface area contributed by atoms with Crippen LogP contribution in [0.2, 0.25) is 0 Å². The van der Waals surface area contributed by atoms with Crippen LogP contribution < -0.4 is 10.6 Å². The zero-order valence-corrected chi connectivity index (χ0v) is 31.2. The minimum atomic E-state index is -1.30. The number of ether oxygens (including phenoxy) is 2. The molecule has 0 aromatic heterocycles. The lowest BCUT2D eigenvalue weighted by atomic mass is 9.64. The number of carbonyl (C=O) groups is 3. The third kappa shape index (κ3) is 7.38. The molecule has 7 aliphatic rings. The maximum atomic E-state index is 16.7. The maximum absolute atomic E-state index is 16.7. The molecule has 1 aromatic carbocycles. The van der Waals surface area contributed by atoms with E-state index in [1.165, 1.54) is 31.2 Å². The SMILES string of the molecule is CC(C)(C)OC(=O)NC1CCN(C2C(F)CC3C(=O)C(C(=O)NC4CCN(Cc5ccccc5)CC4)=CN4C5CC6CCCCC6CC5OC2C34)C1. The highest BCUT2D eigenvalue weighted by Gasteiger charge is 2.61. The van der Waals surface area contributed by atoms with Crippen molar-refractivity contribution in [2.75, 3.05) is 26.2 Å². The highest BCUT2D eigenvalue weighted by Crippen LogP contribution is 2.51. The predicted molar refractivity (Wildman–Crippen MR) is 195 cm³/mol. The van der Waals surface area contributed by atoms with E-state index in [0.717, 1.165) is 45.3 Å². The van der Waals surface area contributed by atoms with Crippen molar-refractivity contribution < 1.29 is 28.2 Å². The van der Waals surface area contributed by atoms with E-state index in [-0.39, 0.29) is 54.0 Å². The number of nitrogens with zero attached hydrogens (tertiary/aromatic N) is 3. The Kier molecular flexibility index (Phi) is 10.1. The Bertz CT molecular complexity index is 1510. The van der Waals surface area contributed by atoms with Crippen molar-refractivity contribution in [3.63, 3.8) is 0 Å². The van der Waals surface area contributed by atoms with Crippen LogP contribution in [0.15, 0.2) is 42.1 Å². The van der Waals surface area contributed by atoms with E-state index in [4.69, 9.17) is 9.47 Å². The Morgan fingerprint density at radius 3 is 2.35 bits per heavy atom. The molecule has 6 fully saturated rings. The molecule has 8 rings (SSSR count). The van der Waals surface area contributed by atoms with Gasteiger partial charge >= 0.3 is 6.09 Å². The first-order valence-corrected chi connectivity index (χ1v) is 20.1. The molecule has 52 heavy (non-hydrogen) atoms. The van der Waals surface area contributed by atoms with Gasteiger partial charge in [-0.1, -0.05) is 56.0 Å². The zero-order valence-electron chi connectivity index (χ0n) is 31.2. The molecule has 10 atom stereocenters. The molecule has 284 valence electrons. The first-order chi connectivity index (χ1) is 25.0. The lowest BCUT2D eigenvalue weighted by molar-refractivity contribution is -0.219. The van der Waals surface area contributed by atoms with Gasteiger partial charge in [0, 0.05) is 56.9 Å². The standard InChI is InChI=1S/C41H58FN5O5/c1-41(2,3)52-40(50)44-29-15-18-46(23-29)36-32(42)21-30-35-38(36)51-34-20-27-12-8-7-11-26(27)19-33(34)47(35)24-31(37(30)48)39(49)43-28-13-16-45(17-14-28)22-25-9-5-4-6-10-25/h4-6,9-10,24,26-30,32-36,38H,7-8,11-23H2,1-3H3,(H,43,49)(H,44,50). The van der Waals surface area contributed by atoms with Crippen LogP contribution in [0.3, 0.4) is 0 Å². The molecular weight excluding hydrogens is 661 g/mol. The first kappa shape index (κ1) is 36.0. The van der Waals surface area contributed by atoms with Crippen LogP contribution in [0, 0.1) is 17.8 Å². The molecule has 2 N–H and O–H groups in total. The first-order valence-electron chi connectivity index (χ1n) is 20.1. The molecule has 11 heteroatoms. The number of rotatable bonds is 6. The largest absolute Gasteiger partial charge is 0.444 e. The van der Waals surface area contributed by atoms with Gasteiger partial charge in [-0.05, 0) is 76.7 Å². The smallest absolute Gasteiger partial charge is 0.407 e. The van der Waals surface area contributed by atoms with E-state index in [0.29, 0.717) is 31.3 Å². The molecule has 10 unspecified atom stereocenters. The molecule has 0 radical (unpaired) electrons. The number of alkyl carbamates (subject to hydrolysis) is 1. The van der Waals surface area contributed by atoms with Gasteiger partial charge in [-0.2, -0.15) is 0 Å². The van der Waals surface area contributed by atoms with Crippen LogP contribution in [-0.2, 0) is 25.6 Å². The molecule has 0 spiro atoms. The minimum absolute atomic E-state index is 0.00382. The average molecular weight is 720 g/mol. The van der Waals surface area contributed by atoms with Gasteiger partial charge in [0.05, 0.1) is 35.9 Å². The van der Waals surface area contributed by atoms with Crippen LogP contribution in [0.1, 0.15) is 90.5 Å². The summed E-state index contributed by atoms with van der Waals surface area (Å²) in [6, 6.07) is 9.50. The lowest BCUT2D eigenvalue weighted by Gasteiger charge is -2.61. The van der Waals surface area contributed by atoms with Crippen LogP contribution >= 0.6 is 0 Å². The van der Waals surface area contributed by atoms with E-state index in [9.17, 15) is 14.4 Å². The van der Waals surface area contributed by atoms with Crippen molar-refractivity contribution >= 4 is 17.8 Å². The van der Waals surface area contributed by atoms with Gasteiger partial charge in [0.2, 0.25) is 0 Å². The number of ketones is 1. The second kappa shape index (κ2) is 14.7. The van der Waals surface area contributed by atoms with E-state index in [1.54, 1.807) is 0 Å². The Balaban J connectivity index is 1.00. The van der Waals surface area contributed by atoms with Crippen LogP contribution in [0.25, 0.3) is 0 Å². The van der Waals surface area contributed by atoms with E-state index in [1.807, 2.05) is 33.0 Å². The number of nitrogens with one attached hydrogen (secondary N) is 2. The summed E-state index contributed by atoms with van der Waals surface area (Å²) in [5, 5.41) is 6.22. The summed E-state index contributed by atoms with van der Waals surface area (Å²) in [7, 11) is 0. The van der Waals surface area contributed by atoms with E-state index in [2.05, 4.69) is 49.6 Å². The number of halogens is 1. The summed E-state index contributed by atoms with van der Waals surface area (Å²) in [5.41, 5.74) is 0.867. The number of morpholine rings is 1. The summed E-state index contributed by atoms with van der Waals surface area (Å²) < 4.78 is 29.3. The van der Waals surface area contributed by atoms with Gasteiger partial charge in [-0.15, -0.1) is 0 Å². The highest BCUT2D eigenvalue weighted by atomic mass is 19.1. The number of amides is 2. The quantitative estimate of drug-likeness (QED) is 0.398. The number of hydrogen-bond donors (Lipinski definition) is 2. The number of piperidine rings is 1. The number of hydrogen-bond acceptors (Lipinski definition) is 8. The van der Waals surface area contributed by atoms with Gasteiger partial charge in [0.25, 0.3) is 5.91 Å². The van der Waals surface area contributed by atoms with Crippen LogP contribution in [0.5, 0.6) is 0 Å². The third-order valence-electron chi connectivity index (χ3n) is 13.2. The van der Waals surface area contributed by atoms with Crippen LogP contribution in [-0.4, -0.2) is 113 Å². The molecule has 10 nitrogen and oxygen atoms in total. The monoisotopic (exact) mass is 719 g/mol. The van der Waals surface area contributed by atoms with Crippen molar-refractivity contribution in [2.24, 2.45) is 17.8 Å². The third-order valence-corrected chi connectivity index (χ3v) is 13.2. The second-order valence-electron chi connectivity index (χ2n) is 17.8. The topological polar surface area (TPSA) is 103 Å². The number of alkyl halides is 1. The lowest BCUT2D eigenvalue weighted by Crippen LogP contribution is -2.73. The molecule has 3 saturated carbocycles. The Morgan fingerprint density at radius 1 is 0.904 bits per heavy atom. The zero-order chi connectivity index (χ0) is 36.1. The van der Waals surface area contributed by atoms with Gasteiger partial charge in [-0.3, -0.25) is 19.4 Å². The van der Waals surface area contributed by atoms with Crippen molar-refractivity contribution in [2.45, 2.75) is 146 Å². The molecule has 3 aliphatic carbocycles. The predicted octanol–water partition coefficient (Wildman–Crippen LogP) is 4.97. The van der Waals surface area contributed by atoms with Crippen molar-refractivity contribution in [3.05, 3.63) is 47.7 Å². The Labute approximate surface area is 308 Å². The fourth-order valence-corrected chi connectivity index (χ4v) is 10.9. The Hall–Kier alpha value is -3.02. The minimum Gasteiger partial charge on any atom is -0.444 e. The average Bonchev–Trinajstić information content (AvgIpc) is 3.56. The van der Waals surface area contributed by atoms with Gasteiger partial charge in [-0.25, -0.2) is 9.18 Å². The number of likely N-dealkylation sites (tertiary alicyclic amines) is 2. The number of Topliss-reactive ketones (excluding diaryl/α,β-unsaturated/α-hetero) is 1. The van der Waals surface area contributed by atoms with E-state index < -0.39 is 35.9 Å². The van der Waals surface area contributed by atoms with Crippen molar-refractivity contribution in [1.82, 2.24) is 25.3 Å². The number of carbonyl (C=O) groups excluding carboxylic acids is 3. The summed E-state index contributed by atoms with van der Waals surface area (Å²) in [4.78, 5) is 47.8. The number of benzene rings is 1. The molecule has 1 aromatic rings. The van der Waals surface area contributed by atoms with Crippen LogP contribution in [0.4, 0.5) is 9.18 Å².